The summed E-state index contributed by atoms with van der Waals surface area (Å²) < 4.78 is 40.4. The van der Waals surface area contributed by atoms with Crippen molar-refractivity contribution in [2.24, 2.45) is 0 Å². The lowest BCUT2D eigenvalue weighted by atomic mass is 10.0. The molecule has 3 aromatic rings. The molecule has 2 nitrogen and oxygen atoms in total. The van der Waals surface area contributed by atoms with Gasteiger partial charge in [-0.25, -0.2) is 9.97 Å². The monoisotopic (exact) mass is 366 g/mol. The minimum absolute atomic E-state index is 0.0718. The van der Waals surface area contributed by atoms with E-state index in [1.54, 1.807) is 13.0 Å². The van der Waals surface area contributed by atoms with Gasteiger partial charge in [0.2, 0.25) is 0 Å². The third-order valence-corrected chi connectivity index (χ3v) is 3.74. The number of halogens is 4. The summed E-state index contributed by atoms with van der Waals surface area (Å²) in [6.07, 6.45) is -4.45. The molecule has 0 aliphatic carbocycles. The first-order chi connectivity index (χ1) is 10.4. The Morgan fingerprint density at radius 1 is 1.00 bits per heavy atom. The van der Waals surface area contributed by atoms with E-state index < -0.39 is 11.7 Å². The van der Waals surface area contributed by atoms with Crippen LogP contribution in [0.25, 0.3) is 22.2 Å². The van der Waals surface area contributed by atoms with Gasteiger partial charge in [0.1, 0.15) is 5.82 Å². The Labute approximate surface area is 133 Å². The fourth-order valence-corrected chi connectivity index (χ4v) is 2.75. The number of hydrogen-bond acceptors (Lipinski definition) is 2. The van der Waals surface area contributed by atoms with Crippen LogP contribution in [0, 0.1) is 6.92 Å². The number of nitrogens with zero attached hydrogens (tertiary/aromatic N) is 2. The summed E-state index contributed by atoms with van der Waals surface area (Å²) in [4.78, 5) is 8.34. The van der Waals surface area contributed by atoms with Crippen LogP contribution < -0.4 is 0 Å². The van der Waals surface area contributed by atoms with Crippen LogP contribution in [0.4, 0.5) is 13.2 Å². The molecule has 112 valence electrons. The van der Waals surface area contributed by atoms with Gasteiger partial charge in [-0.15, -0.1) is 0 Å². The zero-order chi connectivity index (χ0) is 15.9. The maximum absolute atomic E-state index is 13.2. The number of hydrogen-bond donors (Lipinski definition) is 0. The van der Waals surface area contributed by atoms with E-state index in [1.807, 2.05) is 24.3 Å². The van der Waals surface area contributed by atoms with Crippen molar-refractivity contribution in [1.29, 1.82) is 0 Å². The molecule has 2 aromatic carbocycles. The van der Waals surface area contributed by atoms with Crippen molar-refractivity contribution in [3.05, 3.63) is 58.3 Å². The molecule has 0 spiro atoms. The van der Waals surface area contributed by atoms with Crippen LogP contribution in [0.5, 0.6) is 0 Å². The average Bonchev–Trinajstić information content (AvgIpc) is 2.44. The van der Waals surface area contributed by atoms with E-state index in [1.165, 1.54) is 6.07 Å². The maximum Gasteiger partial charge on any atom is 0.418 e. The minimum Gasteiger partial charge on any atom is -0.233 e. The molecule has 0 fully saturated rings. The zero-order valence-electron chi connectivity index (χ0n) is 11.4. The largest absolute Gasteiger partial charge is 0.418 e. The smallest absolute Gasteiger partial charge is 0.233 e. The molecule has 22 heavy (non-hydrogen) atoms. The highest BCUT2D eigenvalue weighted by atomic mass is 79.9. The first-order valence-electron chi connectivity index (χ1n) is 6.47. The Morgan fingerprint density at radius 3 is 2.41 bits per heavy atom. The predicted octanol–water partition coefficient (Wildman–Crippen LogP) is 5.39. The van der Waals surface area contributed by atoms with Gasteiger partial charge in [0.25, 0.3) is 0 Å². The van der Waals surface area contributed by atoms with Gasteiger partial charge in [-0.05, 0) is 25.1 Å². The molecule has 0 radical (unpaired) electrons. The Hall–Kier alpha value is -1.95. The van der Waals surface area contributed by atoms with Crippen molar-refractivity contribution in [2.75, 3.05) is 0 Å². The molecule has 6 heteroatoms. The van der Waals surface area contributed by atoms with E-state index >= 15 is 0 Å². The third-order valence-electron chi connectivity index (χ3n) is 3.24. The number of aryl methyl sites for hydroxylation is 1. The second-order valence-electron chi connectivity index (χ2n) is 4.83. The van der Waals surface area contributed by atoms with Crippen LogP contribution >= 0.6 is 15.9 Å². The molecule has 0 saturated heterocycles. The third kappa shape index (κ3) is 2.70. The molecule has 0 unspecified atom stereocenters. The van der Waals surface area contributed by atoms with Crippen molar-refractivity contribution >= 4 is 26.8 Å². The molecule has 0 aliphatic heterocycles. The van der Waals surface area contributed by atoms with Crippen LogP contribution in [-0.2, 0) is 6.18 Å². The highest BCUT2D eigenvalue weighted by molar-refractivity contribution is 9.10. The molecule has 0 amide bonds. The van der Waals surface area contributed by atoms with Crippen molar-refractivity contribution in [3.8, 4) is 11.3 Å². The van der Waals surface area contributed by atoms with Crippen molar-refractivity contribution < 1.29 is 13.2 Å². The van der Waals surface area contributed by atoms with Gasteiger partial charge in [0.15, 0.2) is 0 Å². The molecular weight excluding hydrogens is 357 g/mol. The summed E-state index contributed by atoms with van der Waals surface area (Å²) in [5.41, 5.74) is 0.420. The quantitative estimate of drug-likeness (QED) is 0.577. The van der Waals surface area contributed by atoms with Gasteiger partial charge in [0, 0.05) is 15.4 Å². The number of para-hydroxylation sites is 1. The lowest BCUT2D eigenvalue weighted by Gasteiger charge is -2.13. The molecule has 0 aliphatic rings. The van der Waals surface area contributed by atoms with E-state index in [-0.39, 0.29) is 5.52 Å². The lowest BCUT2D eigenvalue weighted by Crippen LogP contribution is -2.08. The number of fused-ring (bicyclic) bond motifs is 1. The van der Waals surface area contributed by atoms with Crippen LogP contribution in [0.2, 0.25) is 0 Å². The summed E-state index contributed by atoms with van der Waals surface area (Å²) >= 11 is 3.36. The highest BCUT2D eigenvalue weighted by Gasteiger charge is 2.33. The van der Waals surface area contributed by atoms with E-state index in [0.717, 1.165) is 16.1 Å². The molecule has 1 aromatic heterocycles. The zero-order valence-corrected chi connectivity index (χ0v) is 13.0. The van der Waals surface area contributed by atoms with Gasteiger partial charge in [-0.3, -0.25) is 0 Å². The van der Waals surface area contributed by atoms with Crippen LogP contribution in [0.1, 0.15) is 11.4 Å². The molecule has 1 heterocycles. The van der Waals surface area contributed by atoms with Crippen molar-refractivity contribution in [1.82, 2.24) is 9.97 Å². The highest BCUT2D eigenvalue weighted by Crippen LogP contribution is 2.36. The van der Waals surface area contributed by atoms with Gasteiger partial charge in [-0.2, -0.15) is 13.2 Å². The Morgan fingerprint density at radius 2 is 1.73 bits per heavy atom. The first-order valence-corrected chi connectivity index (χ1v) is 7.26. The fourth-order valence-electron chi connectivity index (χ4n) is 2.35. The van der Waals surface area contributed by atoms with E-state index in [2.05, 4.69) is 25.9 Å². The number of rotatable bonds is 1. The van der Waals surface area contributed by atoms with Crippen LogP contribution in [0.15, 0.2) is 46.9 Å². The number of benzene rings is 2. The van der Waals surface area contributed by atoms with Crippen molar-refractivity contribution in [2.45, 2.75) is 13.1 Å². The summed E-state index contributed by atoms with van der Waals surface area (Å²) in [7, 11) is 0. The lowest BCUT2D eigenvalue weighted by molar-refractivity contribution is -0.136. The minimum atomic E-state index is -4.45. The summed E-state index contributed by atoms with van der Waals surface area (Å²) in [6, 6.07) is 11.3. The second kappa shape index (κ2) is 5.35. The Bertz CT molecular complexity index is 860. The van der Waals surface area contributed by atoms with Gasteiger partial charge in [0.05, 0.1) is 16.8 Å². The predicted molar refractivity (Wildman–Crippen MR) is 82.4 cm³/mol. The van der Waals surface area contributed by atoms with Crippen molar-refractivity contribution in [3.63, 3.8) is 0 Å². The van der Waals surface area contributed by atoms with Gasteiger partial charge < -0.3 is 0 Å². The second-order valence-corrected chi connectivity index (χ2v) is 5.74. The Balaban J connectivity index is 2.37. The topological polar surface area (TPSA) is 25.8 Å². The molecule has 0 N–H and O–H groups in total. The van der Waals surface area contributed by atoms with E-state index in [4.69, 9.17) is 0 Å². The van der Waals surface area contributed by atoms with E-state index in [9.17, 15) is 13.2 Å². The average molecular weight is 367 g/mol. The first kappa shape index (κ1) is 15.0. The SMILES string of the molecule is Cc1nc(-c2cccc(Br)c2)c2cccc(C(F)(F)F)c2n1. The molecule has 0 saturated carbocycles. The molecular formula is C16H10BrF3N2. The van der Waals surface area contributed by atoms with Crippen LogP contribution in [0.3, 0.4) is 0 Å². The van der Waals surface area contributed by atoms with Gasteiger partial charge >= 0.3 is 6.18 Å². The normalized spacial score (nSPS) is 11.9. The molecule has 3 rings (SSSR count). The van der Waals surface area contributed by atoms with Crippen LogP contribution in [-0.4, -0.2) is 9.97 Å². The summed E-state index contributed by atoms with van der Waals surface area (Å²) in [5.74, 6) is 0.305. The van der Waals surface area contributed by atoms with Gasteiger partial charge in [-0.1, -0.05) is 40.2 Å². The number of alkyl halides is 3. The Kier molecular flexibility index (Phi) is 3.64. The standard InChI is InChI=1S/C16H10BrF3N2/c1-9-21-14(10-4-2-5-11(17)8-10)12-6-3-7-13(15(12)22-9)16(18,19)20/h2-8H,1H3. The maximum atomic E-state index is 13.2. The molecule has 0 atom stereocenters. The number of aromatic nitrogens is 2. The summed E-state index contributed by atoms with van der Waals surface area (Å²) in [5, 5.41) is 0.388. The fraction of sp³-hybridized carbons (Fsp3) is 0.125. The summed E-state index contributed by atoms with van der Waals surface area (Å²) in [6.45, 7) is 1.59. The van der Waals surface area contributed by atoms with E-state index in [0.29, 0.717) is 16.9 Å². The molecule has 0 bridgehead atoms.